The molecule has 3 rings (SSSR count). The van der Waals surface area contributed by atoms with E-state index in [4.69, 9.17) is 0 Å². The molecular weight excluding hydrogens is 372 g/mol. The number of carbonyl (C=O) groups excluding carboxylic acids is 1. The zero-order chi connectivity index (χ0) is 20.0. The summed E-state index contributed by atoms with van der Waals surface area (Å²) in [4.78, 5) is 13.0. The van der Waals surface area contributed by atoms with Gasteiger partial charge in [0.15, 0.2) is 0 Å². The van der Waals surface area contributed by atoms with Crippen LogP contribution in [-0.2, 0) is 21.4 Å². The summed E-state index contributed by atoms with van der Waals surface area (Å²) in [7, 11) is -3.86. The maximum Gasteiger partial charge on any atom is 0.243 e. The second-order valence-electron chi connectivity index (χ2n) is 6.48. The molecule has 3 aromatic carbocycles. The first-order valence-corrected chi connectivity index (χ1v) is 10.4. The van der Waals surface area contributed by atoms with Crippen molar-refractivity contribution in [2.45, 2.75) is 24.4 Å². The van der Waals surface area contributed by atoms with Crippen LogP contribution < -0.4 is 10.0 Å². The lowest BCUT2D eigenvalue weighted by Gasteiger charge is -2.19. The van der Waals surface area contributed by atoms with Gasteiger partial charge in [0.05, 0.1) is 4.90 Å². The number of benzene rings is 3. The van der Waals surface area contributed by atoms with Crippen molar-refractivity contribution in [3.05, 3.63) is 102 Å². The van der Waals surface area contributed by atoms with Crippen LogP contribution in [0.1, 0.15) is 22.7 Å². The Kier molecular flexibility index (Phi) is 6.23. The van der Waals surface area contributed by atoms with Gasteiger partial charge in [0, 0.05) is 6.54 Å². The average Bonchev–Trinajstić information content (AvgIpc) is 2.72. The number of rotatable bonds is 7. The molecule has 144 valence electrons. The van der Waals surface area contributed by atoms with Crippen molar-refractivity contribution in [3.63, 3.8) is 0 Å². The number of aryl methyl sites for hydroxylation is 1. The van der Waals surface area contributed by atoms with E-state index < -0.39 is 22.0 Å². The van der Waals surface area contributed by atoms with Crippen molar-refractivity contribution < 1.29 is 13.2 Å². The van der Waals surface area contributed by atoms with Crippen LogP contribution in [0.2, 0.25) is 0 Å². The van der Waals surface area contributed by atoms with E-state index in [9.17, 15) is 13.2 Å². The molecule has 0 saturated carbocycles. The van der Waals surface area contributed by atoms with Gasteiger partial charge in [0.2, 0.25) is 15.9 Å². The average molecular weight is 394 g/mol. The third-order valence-electron chi connectivity index (χ3n) is 4.31. The number of carbonyl (C=O) groups is 1. The molecule has 28 heavy (non-hydrogen) atoms. The van der Waals surface area contributed by atoms with E-state index in [0.29, 0.717) is 12.1 Å². The maximum atomic E-state index is 12.8. The molecule has 0 unspecified atom stereocenters. The first-order chi connectivity index (χ1) is 13.5. The smallest absolute Gasteiger partial charge is 0.243 e. The van der Waals surface area contributed by atoms with Gasteiger partial charge >= 0.3 is 0 Å². The highest BCUT2D eigenvalue weighted by atomic mass is 32.2. The van der Waals surface area contributed by atoms with E-state index in [1.165, 1.54) is 12.1 Å². The van der Waals surface area contributed by atoms with E-state index in [2.05, 4.69) is 10.0 Å². The van der Waals surface area contributed by atoms with E-state index >= 15 is 0 Å². The molecule has 5 nitrogen and oxygen atoms in total. The van der Waals surface area contributed by atoms with Crippen molar-refractivity contribution in [1.82, 2.24) is 10.0 Å². The van der Waals surface area contributed by atoms with Gasteiger partial charge in [-0.3, -0.25) is 4.79 Å². The molecule has 0 spiro atoms. The van der Waals surface area contributed by atoms with Gasteiger partial charge in [-0.1, -0.05) is 78.4 Å². The number of amides is 1. The first-order valence-electron chi connectivity index (χ1n) is 8.91. The Morgan fingerprint density at radius 1 is 0.857 bits per heavy atom. The molecule has 1 amide bonds. The Balaban J connectivity index is 1.83. The van der Waals surface area contributed by atoms with Crippen molar-refractivity contribution in [3.8, 4) is 0 Å². The molecule has 0 bridgehead atoms. The van der Waals surface area contributed by atoms with Gasteiger partial charge in [-0.15, -0.1) is 0 Å². The number of hydrogen-bond acceptors (Lipinski definition) is 3. The number of nitrogens with one attached hydrogen (secondary N) is 2. The van der Waals surface area contributed by atoms with Crippen LogP contribution in [-0.4, -0.2) is 14.3 Å². The summed E-state index contributed by atoms with van der Waals surface area (Å²) in [5.74, 6) is -0.411. The third kappa shape index (κ3) is 5.06. The van der Waals surface area contributed by atoms with Crippen molar-refractivity contribution in [2.24, 2.45) is 0 Å². The summed E-state index contributed by atoms with van der Waals surface area (Å²) in [6, 6.07) is 23.7. The van der Waals surface area contributed by atoms with Gasteiger partial charge in [-0.2, -0.15) is 4.72 Å². The highest BCUT2D eigenvalue weighted by Gasteiger charge is 2.27. The van der Waals surface area contributed by atoms with Crippen molar-refractivity contribution >= 4 is 15.9 Å². The summed E-state index contributed by atoms with van der Waals surface area (Å²) < 4.78 is 28.2. The minimum atomic E-state index is -3.86. The molecule has 1 atom stereocenters. The van der Waals surface area contributed by atoms with Crippen LogP contribution in [0.5, 0.6) is 0 Å². The molecule has 0 saturated heterocycles. The predicted octanol–water partition coefficient (Wildman–Crippen LogP) is 3.33. The Morgan fingerprint density at radius 3 is 2.04 bits per heavy atom. The minimum Gasteiger partial charge on any atom is -0.350 e. The predicted molar refractivity (Wildman–Crippen MR) is 109 cm³/mol. The van der Waals surface area contributed by atoms with E-state index in [1.54, 1.807) is 36.4 Å². The fraction of sp³-hybridized carbons (Fsp3) is 0.136. The second kappa shape index (κ2) is 8.82. The lowest BCUT2D eigenvalue weighted by Crippen LogP contribution is -2.40. The summed E-state index contributed by atoms with van der Waals surface area (Å²) >= 11 is 0. The summed E-state index contributed by atoms with van der Waals surface area (Å²) in [5.41, 5.74) is 2.46. The van der Waals surface area contributed by atoms with Crippen LogP contribution >= 0.6 is 0 Å². The lowest BCUT2D eigenvalue weighted by atomic mass is 10.1. The monoisotopic (exact) mass is 394 g/mol. The summed E-state index contributed by atoms with van der Waals surface area (Å²) in [5, 5.41) is 2.81. The van der Waals surface area contributed by atoms with Gasteiger partial charge in [0.25, 0.3) is 0 Å². The van der Waals surface area contributed by atoms with Crippen LogP contribution in [0, 0.1) is 6.92 Å². The molecule has 0 radical (unpaired) electrons. The van der Waals surface area contributed by atoms with Gasteiger partial charge < -0.3 is 5.32 Å². The highest BCUT2D eigenvalue weighted by molar-refractivity contribution is 7.89. The Bertz CT molecular complexity index is 1020. The van der Waals surface area contributed by atoms with Crippen LogP contribution in [0.3, 0.4) is 0 Å². The van der Waals surface area contributed by atoms with Crippen molar-refractivity contribution in [1.29, 1.82) is 0 Å². The Hall–Kier alpha value is -2.96. The SMILES string of the molecule is Cc1ccc(S(=O)(=O)N[C@H](C(=O)NCc2ccccc2)c2ccccc2)cc1. The minimum absolute atomic E-state index is 0.120. The molecule has 0 aliphatic carbocycles. The fourth-order valence-electron chi connectivity index (χ4n) is 2.75. The van der Waals surface area contributed by atoms with E-state index in [0.717, 1.165) is 11.1 Å². The maximum absolute atomic E-state index is 12.8. The van der Waals surface area contributed by atoms with Crippen molar-refractivity contribution in [2.75, 3.05) is 0 Å². The molecule has 0 aliphatic heterocycles. The van der Waals surface area contributed by atoms with Gasteiger partial charge in [-0.25, -0.2) is 8.42 Å². The molecular formula is C22H22N2O3S. The zero-order valence-corrected chi connectivity index (χ0v) is 16.3. The van der Waals surface area contributed by atoms with Crippen LogP contribution in [0.15, 0.2) is 89.8 Å². The number of sulfonamides is 1. The van der Waals surface area contributed by atoms with Crippen LogP contribution in [0.25, 0.3) is 0 Å². The second-order valence-corrected chi connectivity index (χ2v) is 8.20. The molecule has 0 fully saturated rings. The molecule has 6 heteroatoms. The summed E-state index contributed by atoms with van der Waals surface area (Å²) in [6.45, 7) is 2.20. The normalized spacial score (nSPS) is 12.3. The highest BCUT2D eigenvalue weighted by Crippen LogP contribution is 2.18. The molecule has 3 aromatic rings. The molecule has 0 heterocycles. The Labute approximate surface area is 165 Å². The Morgan fingerprint density at radius 2 is 1.43 bits per heavy atom. The molecule has 2 N–H and O–H groups in total. The quantitative estimate of drug-likeness (QED) is 0.645. The van der Waals surface area contributed by atoms with Gasteiger partial charge in [0.1, 0.15) is 6.04 Å². The van der Waals surface area contributed by atoms with E-state index in [-0.39, 0.29) is 4.90 Å². The van der Waals surface area contributed by atoms with Crippen LogP contribution in [0.4, 0.5) is 0 Å². The summed E-state index contributed by atoms with van der Waals surface area (Å²) in [6.07, 6.45) is 0. The zero-order valence-electron chi connectivity index (χ0n) is 15.5. The topological polar surface area (TPSA) is 75.3 Å². The molecule has 0 aromatic heterocycles. The lowest BCUT2D eigenvalue weighted by molar-refractivity contribution is -0.123. The standard InChI is InChI=1S/C22H22N2O3S/c1-17-12-14-20(15-13-17)28(26,27)24-21(19-10-6-3-7-11-19)22(25)23-16-18-8-4-2-5-9-18/h2-15,21,24H,16H2,1H3,(H,23,25)/t21-/m0/s1. The molecule has 0 aliphatic rings. The van der Waals surface area contributed by atoms with E-state index in [1.807, 2.05) is 43.3 Å². The third-order valence-corrected chi connectivity index (χ3v) is 5.75. The largest absolute Gasteiger partial charge is 0.350 e. The fourth-order valence-corrected chi connectivity index (χ4v) is 3.93. The number of hydrogen-bond donors (Lipinski definition) is 2. The van der Waals surface area contributed by atoms with Gasteiger partial charge in [-0.05, 0) is 30.2 Å². The first kappa shape index (κ1) is 19.8.